The van der Waals surface area contributed by atoms with E-state index in [0.717, 1.165) is 38.6 Å². The van der Waals surface area contributed by atoms with Crippen LogP contribution in [0.25, 0.3) is 0 Å². The van der Waals surface area contributed by atoms with Crippen molar-refractivity contribution >= 4 is 12.1 Å². The van der Waals surface area contributed by atoms with Gasteiger partial charge in [0.1, 0.15) is 5.60 Å². The topological polar surface area (TPSA) is 55.8 Å². The quantitative estimate of drug-likeness (QED) is 0.575. The monoisotopic (exact) mass is 285 g/mol. The first-order valence-electron chi connectivity index (χ1n) is 7.40. The summed E-state index contributed by atoms with van der Waals surface area (Å²) in [6, 6.07) is 0.252. The van der Waals surface area contributed by atoms with Gasteiger partial charge >= 0.3 is 12.1 Å². The molecular weight excluding hydrogens is 258 g/mol. The Morgan fingerprint density at radius 3 is 2.55 bits per heavy atom. The number of carbonyl (C=O) groups is 2. The third-order valence-corrected chi connectivity index (χ3v) is 3.40. The van der Waals surface area contributed by atoms with E-state index in [0.29, 0.717) is 6.42 Å². The normalized spacial score (nSPS) is 19.0. The Labute approximate surface area is 121 Å². The number of nitrogens with zero attached hydrogens (tertiary/aromatic N) is 1. The van der Waals surface area contributed by atoms with Crippen molar-refractivity contribution in [3.8, 4) is 0 Å². The number of ether oxygens (including phenoxy) is 2. The Hall–Kier alpha value is -1.26. The second-order valence-electron chi connectivity index (χ2n) is 6.29. The molecule has 1 saturated heterocycles. The predicted molar refractivity (Wildman–Crippen MR) is 76.4 cm³/mol. The Kier molecular flexibility index (Phi) is 6.30. The molecule has 0 bridgehead atoms. The highest BCUT2D eigenvalue weighted by Gasteiger charge is 2.31. The fraction of sp³-hybridized carbons (Fsp3) is 0.867. The minimum atomic E-state index is -0.449. The number of amides is 1. The molecule has 0 radical (unpaired) electrons. The van der Waals surface area contributed by atoms with Crippen LogP contribution in [-0.2, 0) is 14.3 Å². The van der Waals surface area contributed by atoms with Gasteiger partial charge in [-0.2, -0.15) is 0 Å². The van der Waals surface area contributed by atoms with Gasteiger partial charge in [0.25, 0.3) is 0 Å². The van der Waals surface area contributed by atoms with E-state index in [1.807, 2.05) is 25.7 Å². The number of esters is 1. The summed E-state index contributed by atoms with van der Waals surface area (Å²) in [6.45, 7) is 6.42. The number of carbonyl (C=O) groups excluding carboxylic acids is 2. The number of rotatable bonds is 5. The molecule has 0 aromatic heterocycles. The zero-order chi connectivity index (χ0) is 15.2. The average molecular weight is 285 g/mol. The smallest absolute Gasteiger partial charge is 0.410 e. The summed E-state index contributed by atoms with van der Waals surface area (Å²) in [6.07, 6.45) is 4.96. The van der Waals surface area contributed by atoms with Gasteiger partial charge in [-0.15, -0.1) is 0 Å². The average Bonchev–Trinajstić information content (AvgIpc) is 2.80. The Morgan fingerprint density at radius 1 is 1.25 bits per heavy atom. The van der Waals surface area contributed by atoms with Crippen LogP contribution in [0.3, 0.4) is 0 Å². The van der Waals surface area contributed by atoms with E-state index in [4.69, 9.17) is 4.74 Å². The van der Waals surface area contributed by atoms with Gasteiger partial charge < -0.3 is 14.4 Å². The van der Waals surface area contributed by atoms with Gasteiger partial charge in [-0.1, -0.05) is 6.42 Å². The third kappa shape index (κ3) is 5.80. The lowest BCUT2D eigenvalue weighted by Gasteiger charge is -2.28. The Morgan fingerprint density at radius 2 is 1.95 bits per heavy atom. The van der Waals surface area contributed by atoms with Crippen LogP contribution >= 0.6 is 0 Å². The summed E-state index contributed by atoms with van der Waals surface area (Å²) in [5.41, 5.74) is -0.449. The molecule has 20 heavy (non-hydrogen) atoms. The van der Waals surface area contributed by atoms with Crippen LogP contribution in [0.15, 0.2) is 0 Å². The van der Waals surface area contributed by atoms with Crippen molar-refractivity contribution in [2.24, 2.45) is 0 Å². The second kappa shape index (κ2) is 7.50. The van der Waals surface area contributed by atoms with Crippen molar-refractivity contribution in [3.63, 3.8) is 0 Å². The van der Waals surface area contributed by atoms with Gasteiger partial charge in [-0.3, -0.25) is 4.79 Å². The molecule has 1 atom stereocenters. The van der Waals surface area contributed by atoms with Crippen LogP contribution in [0.1, 0.15) is 59.3 Å². The minimum Gasteiger partial charge on any atom is -0.469 e. The van der Waals surface area contributed by atoms with Gasteiger partial charge in [0.15, 0.2) is 0 Å². The number of methoxy groups -OCH3 is 1. The van der Waals surface area contributed by atoms with Crippen LogP contribution in [0.4, 0.5) is 4.79 Å². The SMILES string of the molecule is COC(=O)CCCC[C@@H]1CCCN1C(=O)OC(C)(C)C. The van der Waals surface area contributed by atoms with Crippen LogP contribution in [0.2, 0.25) is 0 Å². The lowest BCUT2D eigenvalue weighted by atomic mass is 10.1. The van der Waals surface area contributed by atoms with Gasteiger partial charge in [-0.25, -0.2) is 4.79 Å². The molecule has 1 heterocycles. The van der Waals surface area contributed by atoms with Crippen LogP contribution < -0.4 is 0 Å². The van der Waals surface area contributed by atoms with E-state index in [1.165, 1.54) is 7.11 Å². The van der Waals surface area contributed by atoms with Crippen molar-refractivity contribution in [2.45, 2.75) is 70.9 Å². The summed E-state index contributed by atoms with van der Waals surface area (Å²) in [5.74, 6) is -0.166. The summed E-state index contributed by atoms with van der Waals surface area (Å²) in [5, 5.41) is 0. The van der Waals surface area contributed by atoms with Crippen LogP contribution in [0.5, 0.6) is 0 Å². The van der Waals surface area contributed by atoms with Crippen molar-refractivity contribution in [1.82, 2.24) is 4.90 Å². The molecule has 1 fully saturated rings. The maximum absolute atomic E-state index is 12.1. The highest BCUT2D eigenvalue weighted by Crippen LogP contribution is 2.24. The molecule has 1 amide bonds. The fourth-order valence-corrected chi connectivity index (χ4v) is 2.45. The summed E-state index contributed by atoms with van der Waals surface area (Å²) < 4.78 is 10.0. The summed E-state index contributed by atoms with van der Waals surface area (Å²) in [4.78, 5) is 25.0. The Bertz CT molecular complexity index is 335. The largest absolute Gasteiger partial charge is 0.469 e. The number of likely N-dealkylation sites (tertiary alicyclic amines) is 1. The second-order valence-corrected chi connectivity index (χ2v) is 6.29. The lowest BCUT2D eigenvalue weighted by molar-refractivity contribution is -0.140. The van der Waals surface area contributed by atoms with E-state index >= 15 is 0 Å². The highest BCUT2D eigenvalue weighted by molar-refractivity contribution is 5.69. The molecule has 1 rings (SSSR count). The molecule has 0 aromatic rings. The van der Waals surface area contributed by atoms with Crippen LogP contribution in [0, 0.1) is 0 Å². The van der Waals surface area contributed by atoms with E-state index < -0.39 is 5.60 Å². The fourth-order valence-electron chi connectivity index (χ4n) is 2.45. The molecular formula is C15H27NO4. The molecule has 1 aliphatic heterocycles. The maximum atomic E-state index is 12.1. The number of hydrogen-bond donors (Lipinski definition) is 0. The first-order valence-corrected chi connectivity index (χ1v) is 7.40. The van der Waals surface area contributed by atoms with Gasteiger partial charge in [0, 0.05) is 19.0 Å². The first kappa shape index (κ1) is 16.8. The first-order chi connectivity index (χ1) is 9.33. The molecule has 116 valence electrons. The van der Waals surface area contributed by atoms with E-state index in [-0.39, 0.29) is 18.1 Å². The molecule has 0 aliphatic carbocycles. The van der Waals surface area contributed by atoms with Crippen molar-refractivity contribution in [1.29, 1.82) is 0 Å². The van der Waals surface area contributed by atoms with Crippen molar-refractivity contribution in [3.05, 3.63) is 0 Å². The lowest BCUT2D eigenvalue weighted by Crippen LogP contribution is -2.39. The number of hydrogen-bond acceptors (Lipinski definition) is 4. The molecule has 5 heteroatoms. The van der Waals surface area contributed by atoms with Crippen LogP contribution in [-0.4, -0.2) is 42.3 Å². The molecule has 0 unspecified atom stereocenters. The van der Waals surface area contributed by atoms with Gasteiger partial charge in [0.05, 0.1) is 7.11 Å². The number of unbranched alkanes of at least 4 members (excludes halogenated alkanes) is 1. The van der Waals surface area contributed by atoms with Gasteiger partial charge in [-0.05, 0) is 46.5 Å². The zero-order valence-electron chi connectivity index (χ0n) is 13.1. The molecule has 0 aromatic carbocycles. The van der Waals surface area contributed by atoms with Crippen molar-refractivity contribution < 1.29 is 19.1 Å². The van der Waals surface area contributed by atoms with E-state index in [2.05, 4.69) is 4.74 Å². The standard InChI is InChI=1S/C15H27NO4/c1-15(2,3)20-14(18)16-11-7-9-12(16)8-5-6-10-13(17)19-4/h12H,5-11H2,1-4H3/t12-/m1/s1. The molecule has 0 saturated carbocycles. The molecule has 0 N–H and O–H groups in total. The molecule has 5 nitrogen and oxygen atoms in total. The Balaban J connectivity index is 2.34. The molecule has 1 aliphatic rings. The molecule has 0 spiro atoms. The highest BCUT2D eigenvalue weighted by atomic mass is 16.6. The summed E-state index contributed by atoms with van der Waals surface area (Å²) in [7, 11) is 1.41. The zero-order valence-corrected chi connectivity index (χ0v) is 13.1. The maximum Gasteiger partial charge on any atom is 0.410 e. The minimum absolute atomic E-state index is 0.166. The van der Waals surface area contributed by atoms with Crippen molar-refractivity contribution in [2.75, 3.05) is 13.7 Å². The van der Waals surface area contributed by atoms with E-state index in [9.17, 15) is 9.59 Å². The predicted octanol–water partition coefficient (Wildman–Crippen LogP) is 3.12. The third-order valence-electron chi connectivity index (χ3n) is 3.40. The van der Waals surface area contributed by atoms with E-state index in [1.54, 1.807) is 0 Å². The van der Waals surface area contributed by atoms with Gasteiger partial charge in [0.2, 0.25) is 0 Å². The summed E-state index contributed by atoms with van der Waals surface area (Å²) >= 11 is 0.